The smallest absolute Gasteiger partial charge is 0.240 e. The van der Waals surface area contributed by atoms with Gasteiger partial charge in [-0.2, -0.15) is 0 Å². The van der Waals surface area contributed by atoms with Gasteiger partial charge in [0.2, 0.25) is 15.9 Å². The molecule has 0 atom stereocenters. The predicted octanol–water partition coefficient (Wildman–Crippen LogP) is 1.56. The van der Waals surface area contributed by atoms with Gasteiger partial charge in [0.25, 0.3) is 0 Å². The highest BCUT2D eigenvalue weighted by Crippen LogP contribution is 2.44. The molecule has 1 aromatic rings. The third-order valence-corrected chi connectivity index (χ3v) is 5.66. The van der Waals surface area contributed by atoms with E-state index in [9.17, 15) is 13.2 Å². The molecule has 0 unspecified atom stereocenters. The number of methoxy groups -OCH3 is 1. The van der Waals surface area contributed by atoms with Crippen LogP contribution in [0.25, 0.3) is 0 Å². The second-order valence-electron chi connectivity index (χ2n) is 6.20. The van der Waals surface area contributed by atoms with Crippen LogP contribution in [0.2, 0.25) is 0 Å². The first-order valence-electron chi connectivity index (χ1n) is 7.62. The van der Waals surface area contributed by atoms with Crippen LogP contribution in [0.15, 0.2) is 17.0 Å². The summed E-state index contributed by atoms with van der Waals surface area (Å²) in [6.07, 6.45) is 0. The minimum absolute atomic E-state index is 0.00000914. The van der Waals surface area contributed by atoms with Gasteiger partial charge >= 0.3 is 0 Å². The number of carbonyl (C=O) groups excluding carboxylic acids is 1. The molecule has 0 spiro atoms. The molecule has 0 saturated heterocycles. The molecule has 7 heteroatoms. The first-order valence-corrected chi connectivity index (χ1v) is 9.10. The second kappa shape index (κ2) is 6.22. The number of ether oxygens (including phenoxy) is 1. The van der Waals surface area contributed by atoms with Crippen LogP contribution in [0.3, 0.4) is 0 Å². The van der Waals surface area contributed by atoms with Crippen LogP contribution in [-0.4, -0.2) is 41.1 Å². The first-order chi connectivity index (χ1) is 10.7. The van der Waals surface area contributed by atoms with Gasteiger partial charge in [0.05, 0.1) is 22.6 Å². The molecule has 0 bridgehead atoms. The number of sulfonamides is 1. The van der Waals surface area contributed by atoms with E-state index in [-0.39, 0.29) is 17.3 Å². The third-order valence-electron chi connectivity index (χ3n) is 4.22. The highest BCUT2D eigenvalue weighted by atomic mass is 32.2. The zero-order chi connectivity index (χ0) is 17.4. The molecule has 2 rings (SSSR count). The number of carbonyl (C=O) groups is 1. The molecule has 1 aliphatic heterocycles. The van der Waals surface area contributed by atoms with E-state index in [1.165, 1.54) is 7.11 Å². The van der Waals surface area contributed by atoms with Crippen LogP contribution in [-0.2, 0) is 25.0 Å². The fourth-order valence-corrected chi connectivity index (χ4v) is 4.08. The molecule has 1 N–H and O–H groups in total. The average Bonchev–Trinajstić information content (AvgIpc) is 2.67. The molecule has 128 valence electrons. The number of nitrogens with zero attached hydrogens (tertiary/aromatic N) is 1. The van der Waals surface area contributed by atoms with Crippen molar-refractivity contribution in [2.45, 2.75) is 38.0 Å². The number of nitrogens with one attached hydrogen (secondary N) is 1. The Morgan fingerprint density at radius 3 is 2.52 bits per heavy atom. The summed E-state index contributed by atoms with van der Waals surface area (Å²) >= 11 is 0. The molecule has 1 aromatic carbocycles. The minimum Gasteiger partial charge on any atom is -0.383 e. The predicted molar refractivity (Wildman–Crippen MR) is 89.3 cm³/mol. The van der Waals surface area contributed by atoms with Gasteiger partial charge in [0.1, 0.15) is 0 Å². The van der Waals surface area contributed by atoms with Gasteiger partial charge in [-0.05, 0) is 51.0 Å². The summed E-state index contributed by atoms with van der Waals surface area (Å²) in [6.45, 7) is 8.49. The van der Waals surface area contributed by atoms with E-state index in [1.807, 2.05) is 27.7 Å². The number of rotatable bonds is 6. The summed E-state index contributed by atoms with van der Waals surface area (Å²) in [5.74, 6) is -0.00000914. The van der Waals surface area contributed by atoms with Gasteiger partial charge in [-0.1, -0.05) is 0 Å². The molecule has 1 amide bonds. The van der Waals surface area contributed by atoms with E-state index in [2.05, 4.69) is 4.72 Å². The van der Waals surface area contributed by atoms with Crippen molar-refractivity contribution in [2.24, 2.45) is 0 Å². The summed E-state index contributed by atoms with van der Waals surface area (Å²) < 4.78 is 32.3. The monoisotopic (exact) mass is 340 g/mol. The van der Waals surface area contributed by atoms with Crippen LogP contribution < -0.4 is 9.62 Å². The van der Waals surface area contributed by atoms with Crippen molar-refractivity contribution in [1.82, 2.24) is 4.72 Å². The maximum absolute atomic E-state index is 12.6. The van der Waals surface area contributed by atoms with Crippen molar-refractivity contribution in [3.05, 3.63) is 23.3 Å². The molecule has 23 heavy (non-hydrogen) atoms. The number of benzene rings is 1. The lowest BCUT2D eigenvalue weighted by molar-refractivity contribution is -0.122. The molecule has 1 heterocycles. The highest BCUT2D eigenvalue weighted by Gasteiger charge is 2.44. The van der Waals surface area contributed by atoms with E-state index in [4.69, 9.17) is 4.74 Å². The average molecular weight is 340 g/mol. The third kappa shape index (κ3) is 3.00. The van der Waals surface area contributed by atoms with Gasteiger partial charge in [0.15, 0.2) is 0 Å². The lowest BCUT2D eigenvalue weighted by atomic mass is 9.85. The number of hydrogen-bond donors (Lipinski definition) is 1. The topological polar surface area (TPSA) is 75.7 Å². The number of hydrogen-bond acceptors (Lipinski definition) is 4. The normalized spacial score (nSPS) is 16.7. The van der Waals surface area contributed by atoms with Gasteiger partial charge in [-0.15, -0.1) is 0 Å². The van der Waals surface area contributed by atoms with Gasteiger partial charge in [0, 0.05) is 20.2 Å². The zero-order valence-corrected chi connectivity index (χ0v) is 15.1. The van der Waals surface area contributed by atoms with Crippen molar-refractivity contribution in [1.29, 1.82) is 0 Å². The van der Waals surface area contributed by atoms with Crippen molar-refractivity contribution in [3.63, 3.8) is 0 Å². The maximum Gasteiger partial charge on any atom is 0.240 e. The summed E-state index contributed by atoms with van der Waals surface area (Å²) in [4.78, 5) is 14.5. The Labute approximate surface area is 137 Å². The Morgan fingerprint density at radius 2 is 1.96 bits per heavy atom. The summed E-state index contributed by atoms with van der Waals surface area (Å²) in [5.41, 5.74) is 1.65. The van der Waals surface area contributed by atoms with Gasteiger partial charge in [-0.3, -0.25) is 4.79 Å². The molecular weight excluding hydrogens is 316 g/mol. The summed E-state index contributed by atoms with van der Waals surface area (Å²) in [7, 11) is -2.11. The number of fused-ring (bicyclic) bond motifs is 1. The van der Waals surface area contributed by atoms with Crippen LogP contribution >= 0.6 is 0 Å². The molecule has 0 saturated carbocycles. The number of amides is 1. The number of likely N-dealkylation sites (N-methyl/N-ethyl adjacent to an activating group) is 1. The lowest BCUT2D eigenvalue weighted by Crippen LogP contribution is -2.36. The Bertz CT molecular complexity index is 726. The maximum atomic E-state index is 12.6. The largest absolute Gasteiger partial charge is 0.383 e. The summed E-state index contributed by atoms with van der Waals surface area (Å²) in [5, 5.41) is 0. The zero-order valence-electron chi connectivity index (χ0n) is 14.3. The van der Waals surface area contributed by atoms with E-state index in [0.717, 1.165) is 16.8 Å². The Kier molecular flexibility index (Phi) is 4.84. The standard InChI is InChI=1S/C16H24N2O4S/c1-6-18-14-11(2)9-12(23(20,21)17-7-8-22-5)10-13(14)16(3,4)15(18)19/h9-10,17H,6-8H2,1-5H3. The molecule has 1 aliphatic rings. The molecule has 0 aliphatic carbocycles. The number of aryl methyl sites for hydroxylation is 1. The SMILES string of the molecule is CCN1C(=O)C(C)(C)c2cc(S(=O)(=O)NCCOC)cc(C)c21. The minimum atomic E-state index is -3.63. The van der Waals surface area contributed by atoms with Crippen LogP contribution in [0.4, 0.5) is 5.69 Å². The molecular formula is C16H24N2O4S. The fraction of sp³-hybridized carbons (Fsp3) is 0.562. The van der Waals surface area contributed by atoms with E-state index >= 15 is 0 Å². The van der Waals surface area contributed by atoms with Crippen LogP contribution in [0.1, 0.15) is 31.9 Å². The van der Waals surface area contributed by atoms with Gasteiger partial charge < -0.3 is 9.64 Å². The Balaban J connectivity index is 2.52. The van der Waals surface area contributed by atoms with Crippen LogP contribution in [0.5, 0.6) is 0 Å². The van der Waals surface area contributed by atoms with E-state index in [1.54, 1.807) is 17.0 Å². The molecule has 6 nitrogen and oxygen atoms in total. The van der Waals surface area contributed by atoms with Crippen LogP contribution in [0, 0.1) is 6.92 Å². The summed E-state index contributed by atoms with van der Waals surface area (Å²) in [6, 6.07) is 3.23. The first kappa shape index (κ1) is 17.9. The lowest BCUT2D eigenvalue weighted by Gasteiger charge is -2.18. The van der Waals surface area contributed by atoms with Crippen molar-refractivity contribution >= 4 is 21.6 Å². The molecule has 0 radical (unpaired) electrons. The number of anilines is 1. The van der Waals surface area contributed by atoms with Crippen molar-refractivity contribution in [3.8, 4) is 0 Å². The Morgan fingerprint density at radius 1 is 1.30 bits per heavy atom. The highest BCUT2D eigenvalue weighted by molar-refractivity contribution is 7.89. The second-order valence-corrected chi connectivity index (χ2v) is 7.97. The van der Waals surface area contributed by atoms with Gasteiger partial charge in [-0.25, -0.2) is 13.1 Å². The fourth-order valence-electron chi connectivity index (χ4n) is 2.95. The van der Waals surface area contributed by atoms with Crippen molar-refractivity contribution in [2.75, 3.05) is 31.7 Å². The van der Waals surface area contributed by atoms with E-state index in [0.29, 0.717) is 13.2 Å². The van der Waals surface area contributed by atoms with Crippen molar-refractivity contribution < 1.29 is 17.9 Å². The quantitative estimate of drug-likeness (QED) is 0.798. The molecule has 0 fully saturated rings. The van der Waals surface area contributed by atoms with E-state index < -0.39 is 15.4 Å². The molecule has 0 aromatic heterocycles. The Hall–Kier alpha value is -1.44.